The number of nitrogens with one attached hydrogen (secondary N) is 1. The zero-order chi connectivity index (χ0) is 20.5. The van der Waals surface area contributed by atoms with Gasteiger partial charge in [0.1, 0.15) is 17.1 Å². The highest BCUT2D eigenvalue weighted by Gasteiger charge is 2.49. The fraction of sp³-hybridized carbons (Fsp3) is 0.211. The van der Waals surface area contributed by atoms with Crippen LogP contribution in [0, 0.1) is 5.82 Å². The van der Waals surface area contributed by atoms with Gasteiger partial charge in [-0.1, -0.05) is 12.1 Å². The first kappa shape index (κ1) is 19.4. The summed E-state index contributed by atoms with van der Waals surface area (Å²) in [5, 5.41) is 2.51. The van der Waals surface area contributed by atoms with Gasteiger partial charge in [0.15, 0.2) is 5.78 Å². The van der Waals surface area contributed by atoms with Crippen molar-refractivity contribution in [2.24, 2.45) is 0 Å². The van der Waals surface area contributed by atoms with Gasteiger partial charge in [0.2, 0.25) is 0 Å². The summed E-state index contributed by atoms with van der Waals surface area (Å²) in [4.78, 5) is 38.1. The van der Waals surface area contributed by atoms with Gasteiger partial charge in [0.25, 0.3) is 5.91 Å². The molecule has 0 unspecified atom stereocenters. The van der Waals surface area contributed by atoms with E-state index in [1.54, 1.807) is 0 Å². The van der Waals surface area contributed by atoms with Crippen LogP contribution in [-0.4, -0.2) is 35.8 Å². The Bertz CT molecular complexity index is 916. The number of imide groups is 1. The van der Waals surface area contributed by atoms with Crippen molar-refractivity contribution in [2.45, 2.75) is 19.1 Å². The highest BCUT2D eigenvalue weighted by Crippen LogP contribution is 2.30. The average Bonchev–Trinajstić information content (AvgIpc) is 2.86. The molecule has 28 heavy (non-hydrogen) atoms. The van der Waals surface area contributed by atoms with Crippen molar-refractivity contribution in [1.29, 1.82) is 0 Å². The number of carbonyl (C=O) groups excluding carboxylic acids is 3. The van der Waals surface area contributed by atoms with Gasteiger partial charge in [-0.2, -0.15) is 8.78 Å². The van der Waals surface area contributed by atoms with Crippen LogP contribution < -0.4 is 10.1 Å². The number of Topliss-reactive ketones (excluding diaryl/α,β-unsaturated/α-hetero) is 1. The van der Waals surface area contributed by atoms with Gasteiger partial charge in [-0.05, 0) is 48.9 Å². The van der Waals surface area contributed by atoms with Crippen molar-refractivity contribution in [2.75, 3.05) is 6.54 Å². The van der Waals surface area contributed by atoms with Gasteiger partial charge in [-0.3, -0.25) is 14.5 Å². The zero-order valence-corrected chi connectivity index (χ0v) is 14.6. The Morgan fingerprint density at radius 3 is 2.29 bits per heavy atom. The maximum Gasteiger partial charge on any atom is 0.387 e. The number of carbonyl (C=O) groups is 3. The summed E-state index contributed by atoms with van der Waals surface area (Å²) < 4.78 is 41.7. The van der Waals surface area contributed by atoms with Crippen molar-refractivity contribution < 1.29 is 32.3 Å². The summed E-state index contributed by atoms with van der Waals surface area (Å²) in [5.41, 5.74) is -0.975. The predicted molar refractivity (Wildman–Crippen MR) is 91.4 cm³/mol. The number of alkyl halides is 2. The number of urea groups is 1. The molecule has 1 N–H and O–H groups in total. The normalized spacial score (nSPS) is 19.1. The van der Waals surface area contributed by atoms with Crippen LogP contribution in [0.2, 0.25) is 0 Å². The van der Waals surface area contributed by atoms with E-state index in [0.717, 1.165) is 17.0 Å². The van der Waals surface area contributed by atoms with Crippen LogP contribution in [0.25, 0.3) is 0 Å². The largest absolute Gasteiger partial charge is 0.435 e. The van der Waals surface area contributed by atoms with Crippen LogP contribution in [0.3, 0.4) is 0 Å². The second-order valence-electron chi connectivity index (χ2n) is 6.28. The molecular weight excluding hydrogens is 377 g/mol. The number of amides is 3. The topological polar surface area (TPSA) is 75.7 Å². The third-order valence-corrected chi connectivity index (χ3v) is 4.40. The van der Waals surface area contributed by atoms with Crippen LogP contribution >= 0.6 is 0 Å². The number of halogens is 3. The van der Waals surface area contributed by atoms with E-state index < -0.39 is 42.2 Å². The first-order chi connectivity index (χ1) is 13.2. The molecule has 1 saturated heterocycles. The minimum atomic E-state index is -2.98. The van der Waals surface area contributed by atoms with Crippen LogP contribution in [0.15, 0.2) is 48.5 Å². The van der Waals surface area contributed by atoms with Crippen molar-refractivity contribution in [3.05, 3.63) is 65.5 Å². The number of rotatable bonds is 6. The number of hydrogen-bond acceptors (Lipinski definition) is 4. The van der Waals surface area contributed by atoms with Crippen molar-refractivity contribution >= 4 is 17.7 Å². The zero-order valence-electron chi connectivity index (χ0n) is 14.6. The van der Waals surface area contributed by atoms with Crippen LogP contribution in [0.5, 0.6) is 5.75 Å². The Labute approximate surface area is 157 Å². The fourth-order valence-electron chi connectivity index (χ4n) is 2.88. The minimum Gasteiger partial charge on any atom is -0.435 e. The summed E-state index contributed by atoms with van der Waals surface area (Å²) in [6, 6.07) is 9.21. The third-order valence-electron chi connectivity index (χ3n) is 4.40. The number of ether oxygens (including phenoxy) is 1. The van der Waals surface area contributed by atoms with E-state index in [1.807, 2.05) is 0 Å². The maximum absolute atomic E-state index is 13.0. The molecule has 0 spiro atoms. The van der Waals surface area contributed by atoms with Gasteiger partial charge in [0, 0.05) is 5.56 Å². The third kappa shape index (κ3) is 3.68. The Morgan fingerprint density at radius 2 is 1.71 bits per heavy atom. The van der Waals surface area contributed by atoms with E-state index in [4.69, 9.17) is 0 Å². The first-order valence-electron chi connectivity index (χ1n) is 8.19. The molecule has 0 aromatic heterocycles. The Morgan fingerprint density at radius 1 is 1.11 bits per heavy atom. The smallest absolute Gasteiger partial charge is 0.387 e. The molecule has 9 heteroatoms. The van der Waals surface area contributed by atoms with Gasteiger partial charge in [-0.25, -0.2) is 9.18 Å². The van der Waals surface area contributed by atoms with Crippen LogP contribution in [-0.2, 0) is 10.3 Å². The van der Waals surface area contributed by atoms with Crippen molar-refractivity contribution in [3.8, 4) is 5.75 Å². The van der Waals surface area contributed by atoms with E-state index in [0.29, 0.717) is 5.56 Å². The average molecular weight is 392 g/mol. The quantitative estimate of drug-likeness (QED) is 0.606. The molecule has 146 valence electrons. The molecule has 0 bridgehead atoms. The van der Waals surface area contributed by atoms with E-state index >= 15 is 0 Å². The summed E-state index contributed by atoms with van der Waals surface area (Å²) in [6.45, 7) is -2.06. The molecule has 0 saturated carbocycles. The SMILES string of the molecule is C[C@@]1(c2ccc(OC(F)F)cc2)NC(=O)N(CC(=O)c2ccc(F)cc2)C1=O. The lowest BCUT2D eigenvalue weighted by Gasteiger charge is -2.22. The monoisotopic (exact) mass is 392 g/mol. The molecule has 1 heterocycles. The molecule has 3 rings (SSSR count). The summed E-state index contributed by atoms with van der Waals surface area (Å²) >= 11 is 0. The molecule has 1 aliphatic rings. The predicted octanol–water partition coefficient (Wildman–Crippen LogP) is 3.08. The van der Waals surface area contributed by atoms with Gasteiger partial charge in [-0.15, -0.1) is 0 Å². The van der Waals surface area contributed by atoms with Crippen molar-refractivity contribution in [3.63, 3.8) is 0 Å². The van der Waals surface area contributed by atoms with E-state index in [-0.39, 0.29) is 11.3 Å². The molecule has 1 aliphatic heterocycles. The fourth-order valence-corrected chi connectivity index (χ4v) is 2.88. The van der Waals surface area contributed by atoms with Crippen LogP contribution in [0.4, 0.5) is 18.0 Å². The molecule has 1 atom stereocenters. The lowest BCUT2D eigenvalue weighted by Crippen LogP contribution is -2.41. The molecule has 3 amide bonds. The van der Waals surface area contributed by atoms with Gasteiger partial charge < -0.3 is 10.1 Å². The second-order valence-corrected chi connectivity index (χ2v) is 6.28. The van der Waals surface area contributed by atoms with Gasteiger partial charge >= 0.3 is 12.6 Å². The van der Waals surface area contributed by atoms with E-state index in [2.05, 4.69) is 10.1 Å². The Balaban J connectivity index is 1.78. The molecule has 0 radical (unpaired) electrons. The standard InChI is InChI=1S/C19H15F3N2O4/c1-19(12-4-8-14(9-5-12)28-17(21)22)16(26)24(18(27)23-19)10-15(25)11-2-6-13(20)7-3-11/h2-9,17H,10H2,1H3,(H,23,27)/t19-/m0/s1. The number of hydrogen-bond donors (Lipinski definition) is 1. The highest BCUT2D eigenvalue weighted by molar-refractivity contribution is 6.11. The Kier molecular flexibility index (Phi) is 5.08. The number of ketones is 1. The molecule has 2 aromatic rings. The molecular formula is C19H15F3N2O4. The lowest BCUT2D eigenvalue weighted by atomic mass is 9.92. The minimum absolute atomic E-state index is 0.0949. The second kappa shape index (κ2) is 7.34. The Hall–Kier alpha value is -3.36. The molecule has 6 nitrogen and oxygen atoms in total. The first-order valence-corrected chi connectivity index (χ1v) is 8.19. The molecule has 0 aliphatic carbocycles. The van der Waals surface area contributed by atoms with E-state index in [1.165, 1.54) is 43.3 Å². The summed E-state index contributed by atoms with van der Waals surface area (Å²) in [7, 11) is 0. The molecule has 1 fully saturated rings. The molecule has 2 aromatic carbocycles. The number of benzene rings is 2. The van der Waals surface area contributed by atoms with E-state index in [9.17, 15) is 27.6 Å². The van der Waals surface area contributed by atoms with Crippen molar-refractivity contribution in [1.82, 2.24) is 10.2 Å². The van der Waals surface area contributed by atoms with Crippen LogP contribution in [0.1, 0.15) is 22.8 Å². The highest BCUT2D eigenvalue weighted by atomic mass is 19.3. The lowest BCUT2D eigenvalue weighted by molar-refractivity contribution is -0.130. The number of nitrogens with zero attached hydrogens (tertiary/aromatic N) is 1. The summed E-state index contributed by atoms with van der Waals surface area (Å²) in [6.07, 6.45) is 0. The van der Waals surface area contributed by atoms with Gasteiger partial charge in [0.05, 0.1) is 6.54 Å². The maximum atomic E-state index is 13.0. The summed E-state index contributed by atoms with van der Waals surface area (Å²) in [5.74, 6) is -1.82.